The molecule has 2 rings (SSSR count). The first-order chi connectivity index (χ1) is 11.1. The summed E-state index contributed by atoms with van der Waals surface area (Å²) < 4.78 is 4.97. The Morgan fingerprint density at radius 1 is 1.33 bits per heavy atom. The minimum atomic E-state index is -0.520. The maximum atomic E-state index is 12.0. The van der Waals surface area contributed by atoms with Gasteiger partial charge in [-0.2, -0.15) is 0 Å². The Balaban J connectivity index is 0.00000288. The Hall–Kier alpha value is -1.63. The second-order valence-corrected chi connectivity index (χ2v) is 5.89. The Bertz CT molecular complexity index is 548. The number of hydrogen-bond donors (Lipinski definition) is 3. The number of carbonyl (C=O) groups excluding carboxylic acids is 2. The summed E-state index contributed by atoms with van der Waals surface area (Å²) >= 11 is 0. The molecule has 1 heterocycles. The standard InChI is InChI=1S/C17H25N3O3.ClH/c1-12(23-2)17(22)20-15-5-3-4-14(10-15)19-16(21)7-6-13-8-9-18-11-13;/h3-5,10,12-13,18H,6-9,11H2,1-2H3,(H,19,21)(H,20,22);1H. The van der Waals surface area contributed by atoms with Gasteiger partial charge in [0.15, 0.2) is 0 Å². The van der Waals surface area contributed by atoms with Gasteiger partial charge in [0.2, 0.25) is 5.91 Å². The lowest BCUT2D eigenvalue weighted by Gasteiger charge is -2.12. The van der Waals surface area contributed by atoms with Crippen molar-refractivity contribution >= 4 is 35.6 Å². The average Bonchev–Trinajstić information content (AvgIpc) is 3.06. The van der Waals surface area contributed by atoms with E-state index >= 15 is 0 Å². The van der Waals surface area contributed by atoms with Crippen LogP contribution in [0.2, 0.25) is 0 Å². The zero-order valence-corrected chi connectivity index (χ0v) is 14.9. The monoisotopic (exact) mass is 355 g/mol. The van der Waals surface area contributed by atoms with Crippen LogP contribution in [0.1, 0.15) is 26.2 Å². The van der Waals surface area contributed by atoms with Crippen LogP contribution >= 0.6 is 12.4 Å². The SMILES string of the molecule is COC(C)C(=O)Nc1cccc(NC(=O)CCC2CCNC2)c1.Cl. The molecule has 0 saturated carbocycles. The normalized spacial score (nSPS) is 17.7. The molecule has 0 aromatic heterocycles. The number of benzene rings is 1. The number of nitrogens with one attached hydrogen (secondary N) is 3. The van der Waals surface area contributed by atoms with Crippen LogP contribution in [0.3, 0.4) is 0 Å². The van der Waals surface area contributed by atoms with Crippen LogP contribution in [-0.4, -0.2) is 38.1 Å². The van der Waals surface area contributed by atoms with Gasteiger partial charge in [0.1, 0.15) is 6.10 Å². The molecule has 2 atom stereocenters. The summed E-state index contributed by atoms with van der Waals surface area (Å²) in [5, 5.41) is 8.94. The van der Waals surface area contributed by atoms with E-state index in [1.807, 2.05) is 6.07 Å². The summed E-state index contributed by atoms with van der Waals surface area (Å²) in [5.41, 5.74) is 1.32. The maximum Gasteiger partial charge on any atom is 0.253 e. The van der Waals surface area contributed by atoms with Crippen LogP contribution < -0.4 is 16.0 Å². The van der Waals surface area contributed by atoms with E-state index in [2.05, 4.69) is 16.0 Å². The van der Waals surface area contributed by atoms with Crippen molar-refractivity contribution < 1.29 is 14.3 Å². The largest absolute Gasteiger partial charge is 0.372 e. The molecule has 0 spiro atoms. The molecular formula is C17H26ClN3O3. The van der Waals surface area contributed by atoms with Crippen molar-refractivity contribution in [3.63, 3.8) is 0 Å². The van der Waals surface area contributed by atoms with E-state index in [1.165, 1.54) is 7.11 Å². The van der Waals surface area contributed by atoms with Gasteiger partial charge in [-0.15, -0.1) is 12.4 Å². The van der Waals surface area contributed by atoms with Crippen LogP contribution in [0.15, 0.2) is 24.3 Å². The van der Waals surface area contributed by atoms with Crippen molar-refractivity contribution in [3.8, 4) is 0 Å². The molecule has 1 aliphatic rings. The number of ether oxygens (including phenoxy) is 1. The lowest BCUT2D eigenvalue weighted by Crippen LogP contribution is -2.26. The van der Waals surface area contributed by atoms with Crippen molar-refractivity contribution in [2.75, 3.05) is 30.8 Å². The van der Waals surface area contributed by atoms with Gasteiger partial charge in [0.25, 0.3) is 5.91 Å². The molecule has 3 N–H and O–H groups in total. The van der Waals surface area contributed by atoms with E-state index in [1.54, 1.807) is 25.1 Å². The quantitative estimate of drug-likeness (QED) is 0.701. The molecule has 0 aliphatic carbocycles. The molecular weight excluding hydrogens is 330 g/mol. The second-order valence-electron chi connectivity index (χ2n) is 5.89. The fraction of sp³-hybridized carbons (Fsp3) is 0.529. The number of carbonyl (C=O) groups is 2. The lowest BCUT2D eigenvalue weighted by molar-refractivity contribution is -0.124. The van der Waals surface area contributed by atoms with Crippen molar-refractivity contribution in [1.82, 2.24) is 5.32 Å². The zero-order chi connectivity index (χ0) is 16.7. The third-order valence-corrected chi connectivity index (χ3v) is 4.08. The first kappa shape index (κ1) is 20.4. The van der Waals surface area contributed by atoms with Gasteiger partial charge in [0, 0.05) is 24.9 Å². The van der Waals surface area contributed by atoms with E-state index in [9.17, 15) is 9.59 Å². The number of anilines is 2. The zero-order valence-electron chi connectivity index (χ0n) is 14.1. The third kappa shape index (κ3) is 6.47. The molecule has 1 aromatic rings. The van der Waals surface area contributed by atoms with E-state index in [4.69, 9.17) is 4.74 Å². The third-order valence-electron chi connectivity index (χ3n) is 4.08. The lowest BCUT2D eigenvalue weighted by atomic mass is 10.0. The van der Waals surface area contributed by atoms with Crippen LogP contribution in [0, 0.1) is 5.92 Å². The summed E-state index contributed by atoms with van der Waals surface area (Å²) in [6.45, 7) is 3.74. The molecule has 0 radical (unpaired) electrons. The van der Waals surface area contributed by atoms with Crippen LogP contribution in [-0.2, 0) is 14.3 Å². The van der Waals surface area contributed by atoms with E-state index in [0.29, 0.717) is 23.7 Å². The van der Waals surface area contributed by atoms with E-state index in [0.717, 1.165) is 25.9 Å². The smallest absolute Gasteiger partial charge is 0.253 e. The molecule has 1 aromatic carbocycles. The summed E-state index contributed by atoms with van der Waals surface area (Å²) in [6.07, 6.45) is 2.05. The van der Waals surface area contributed by atoms with Gasteiger partial charge in [-0.25, -0.2) is 0 Å². The fourth-order valence-corrected chi connectivity index (χ4v) is 2.55. The molecule has 1 aliphatic heterocycles. The number of amides is 2. The van der Waals surface area contributed by atoms with Gasteiger partial charge in [-0.05, 0) is 57.0 Å². The topological polar surface area (TPSA) is 79.5 Å². The highest BCUT2D eigenvalue weighted by molar-refractivity contribution is 5.95. The van der Waals surface area contributed by atoms with Gasteiger partial charge in [0.05, 0.1) is 0 Å². The van der Waals surface area contributed by atoms with Crippen LogP contribution in [0.25, 0.3) is 0 Å². The fourth-order valence-electron chi connectivity index (χ4n) is 2.55. The van der Waals surface area contributed by atoms with Gasteiger partial charge in [-0.3, -0.25) is 9.59 Å². The molecule has 6 nitrogen and oxygen atoms in total. The molecule has 2 unspecified atom stereocenters. The molecule has 7 heteroatoms. The first-order valence-corrected chi connectivity index (χ1v) is 8.02. The molecule has 0 bridgehead atoms. The molecule has 24 heavy (non-hydrogen) atoms. The van der Waals surface area contributed by atoms with E-state index < -0.39 is 6.10 Å². The molecule has 134 valence electrons. The van der Waals surface area contributed by atoms with Crippen molar-refractivity contribution in [2.45, 2.75) is 32.3 Å². The van der Waals surface area contributed by atoms with Crippen molar-refractivity contribution in [2.24, 2.45) is 5.92 Å². The Labute approximate surface area is 149 Å². The minimum absolute atomic E-state index is 0. The highest BCUT2D eigenvalue weighted by Gasteiger charge is 2.16. The number of rotatable bonds is 7. The molecule has 1 saturated heterocycles. The van der Waals surface area contributed by atoms with Crippen LogP contribution in [0.5, 0.6) is 0 Å². The number of halogens is 1. The van der Waals surface area contributed by atoms with Crippen LogP contribution in [0.4, 0.5) is 11.4 Å². The maximum absolute atomic E-state index is 12.0. The summed E-state index contributed by atoms with van der Waals surface area (Å²) in [5.74, 6) is 0.386. The predicted molar refractivity (Wildman–Crippen MR) is 97.6 cm³/mol. The second kappa shape index (κ2) is 10.3. The number of methoxy groups -OCH3 is 1. The van der Waals surface area contributed by atoms with E-state index in [-0.39, 0.29) is 24.2 Å². The first-order valence-electron chi connectivity index (χ1n) is 8.02. The minimum Gasteiger partial charge on any atom is -0.372 e. The summed E-state index contributed by atoms with van der Waals surface area (Å²) in [4.78, 5) is 23.8. The van der Waals surface area contributed by atoms with Gasteiger partial charge in [-0.1, -0.05) is 6.07 Å². The summed E-state index contributed by atoms with van der Waals surface area (Å²) in [6, 6.07) is 7.13. The molecule has 2 amide bonds. The van der Waals surface area contributed by atoms with Gasteiger partial charge >= 0.3 is 0 Å². The highest BCUT2D eigenvalue weighted by Crippen LogP contribution is 2.18. The summed E-state index contributed by atoms with van der Waals surface area (Å²) in [7, 11) is 1.49. The highest BCUT2D eigenvalue weighted by atomic mass is 35.5. The molecule has 1 fully saturated rings. The predicted octanol–water partition coefficient (Wildman–Crippen LogP) is 2.41. The van der Waals surface area contributed by atoms with Gasteiger partial charge < -0.3 is 20.7 Å². The van der Waals surface area contributed by atoms with Crippen molar-refractivity contribution in [1.29, 1.82) is 0 Å². The average molecular weight is 356 g/mol. The Morgan fingerprint density at radius 2 is 2.04 bits per heavy atom. The Kier molecular flexibility index (Phi) is 8.74. The number of hydrogen-bond acceptors (Lipinski definition) is 4. The van der Waals surface area contributed by atoms with Crippen molar-refractivity contribution in [3.05, 3.63) is 24.3 Å². The Morgan fingerprint density at radius 3 is 2.67 bits per heavy atom.